The lowest BCUT2D eigenvalue weighted by Crippen LogP contribution is -2.38. The van der Waals surface area contributed by atoms with Crippen LogP contribution in [0.5, 0.6) is 5.75 Å². The van der Waals surface area contributed by atoms with Crippen LogP contribution in [0.2, 0.25) is 5.02 Å². The molecule has 0 saturated heterocycles. The van der Waals surface area contributed by atoms with Crippen LogP contribution in [0.1, 0.15) is 11.6 Å². The maximum absolute atomic E-state index is 12.9. The number of methoxy groups -OCH3 is 1. The minimum absolute atomic E-state index is 0.364. The number of anilines is 1. The molecule has 0 fully saturated rings. The zero-order valence-electron chi connectivity index (χ0n) is 14.1. The van der Waals surface area contributed by atoms with Gasteiger partial charge in [0.1, 0.15) is 11.8 Å². The number of sulfonamides is 1. The highest BCUT2D eigenvalue weighted by molar-refractivity contribution is 7.88. The number of benzene rings is 2. The molecule has 1 atom stereocenters. The number of hydrogen-bond acceptors (Lipinski definition) is 4. The van der Waals surface area contributed by atoms with Gasteiger partial charge < -0.3 is 10.1 Å². The van der Waals surface area contributed by atoms with Crippen LogP contribution in [0, 0.1) is 0 Å². The summed E-state index contributed by atoms with van der Waals surface area (Å²) in [7, 11) is -0.765. The Bertz CT molecular complexity index is 856. The highest BCUT2D eigenvalue weighted by atomic mass is 35.5. The Balaban J connectivity index is 2.42. The summed E-state index contributed by atoms with van der Waals surface area (Å²) in [5.41, 5.74) is 0.914. The molecule has 0 aromatic heterocycles. The molecule has 2 aromatic rings. The third-order valence-corrected chi connectivity index (χ3v) is 5.16. The van der Waals surface area contributed by atoms with Crippen molar-refractivity contribution in [2.75, 3.05) is 25.7 Å². The van der Waals surface area contributed by atoms with Gasteiger partial charge in [0, 0.05) is 12.1 Å². The fourth-order valence-corrected chi connectivity index (χ4v) is 3.10. The third kappa shape index (κ3) is 4.72. The predicted octanol–water partition coefficient (Wildman–Crippen LogP) is 2.92. The molecule has 0 unspecified atom stereocenters. The van der Waals surface area contributed by atoms with E-state index < -0.39 is 22.0 Å². The van der Waals surface area contributed by atoms with Crippen LogP contribution in [0.25, 0.3) is 0 Å². The lowest BCUT2D eigenvalue weighted by atomic mass is 10.1. The number of likely N-dealkylation sites (N-methyl/N-ethyl adjacent to an activating group) is 1. The van der Waals surface area contributed by atoms with Crippen molar-refractivity contribution in [1.82, 2.24) is 4.31 Å². The molecular weight excluding hydrogens is 364 g/mol. The number of carbonyl (C=O) groups is 1. The van der Waals surface area contributed by atoms with Crippen LogP contribution in [-0.2, 0) is 14.8 Å². The summed E-state index contributed by atoms with van der Waals surface area (Å²) in [6.07, 6.45) is 1.05. The summed E-state index contributed by atoms with van der Waals surface area (Å²) in [6.45, 7) is 0. The molecule has 0 radical (unpaired) electrons. The van der Waals surface area contributed by atoms with Crippen LogP contribution in [0.15, 0.2) is 48.5 Å². The minimum atomic E-state index is -3.60. The van der Waals surface area contributed by atoms with E-state index in [0.29, 0.717) is 22.0 Å². The molecule has 1 N–H and O–H groups in total. The Morgan fingerprint density at radius 2 is 1.84 bits per heavy atom. The van der Waals surface area contributed by atoms with E-state index in [0.717, 1.165) is 10.6 Å². The molecule has 8 heteroatoms. The average molecular weight is 383 g/mol. The molecule has 2 aromatic carbocycles. The standard InChI is InChI=1S/C17H19ClN2O4S/c1-20(25(3,22)23)16(12-7-5-4-6-8-12)17(21)19-14-11-13(18)9-10-15(14)24-2/h4-11,16H,1-3H3,(H,19,21)/t16-/m1/s1. The highest BCUT2D eigenvalue weighted by Crippen LogP contribution is 2.30. The maximum Gasteiger partial charge on any atom is 0.247 e. The lowest BCUT2D eigenvalue weighted by Gasteiger charge is -2.26. The van der Waals surface area contributed by atoms with Crippen molar-refractivity contribution in [2.24, 2.45) is 0 Å². The minimum Gasteiger partial charge on any atom is -0.495 e. The molecule has 6 nitrogen and oxygen atoms in total. The van der Waals surface area contributed by atoms with Crippen LogP contribution in [-0.4, -0.2) is 39.0 Å². The first-order chi connectivity index (χ1) is 11.7. The van der Waals surface area contributed by atoms with Gasteiger partial charge in [-0.2, -0.15) is 4.31 Å². The molecule has 0 spiro atoms. The van der Waals surface area contributed by atoms with Gasteiger partial charge in [0.2, 0.25) is 15.9 Å². The Labute approximate surface area is 152 Å². The smallest absolute Gasteiger partial charge is 0.247 e. The van der Waals surface area contributed by atoms with Gasteiger partial charge in [0.15, 0.2) is 0 Å². The molecule has 1 amide bonds. The van der Waals surface area contributed by atoms with Gasteiger partial charge >= 0.3 is 0 Å². The first-order valence-electron chi connectivity index (χ1n) is 7.36. The second-order valence-corrected chi connectivity index (χ2v) is 7.90. The summed E-state index contributed by atoms with van der Waals surface area (Å²) in [5, 5.41) is 3.12. The number of rotatable bonds is 6. The van der Waals surface area contributed by atoms with E-state index in [2.05, 4.69) is 5.32 Å². The van der Waals surface area contributed by atoms with Gasteiger partial charge in [0.25, 0.3) is 0 Å². The SMILES string of the molecule is COc1ccc(Cl)cc1NC(=O)[C@@H](c1ccccc1)N(C)S(C)(=O)=O. The topological polar surface area (TPSA) is 75.7 Å². The van der Waals surface area contributed by atoms with Crippen molar-refractivity contribution in [3.8, 4) is 5.75 Å². The summed E-state index contributed by atoms with van der Waals surface area (Å²) >= 11 is 5.98. The largest absolute Gasteiger partial charge is 0.495 e. The second kappa shape index (κ2) is 7.86. The highest BCUT2D eigenvalue weighted by Gasteiger charge is 2.31. The van der Waals surface area contributed by atoms with E-state index in [1.165, 1.54) is 14.2 Å². The number of halogens is 1. The van der Waals surface area contributed by atoms with Crippen LogP contribution in [0.4, 0.5) is 5.69 Å². The van der Waals surface area contributed by atoms with Crippen molar-refractivity contribution in [1.29, 1.82) is 0 Å². The van der Waals surface area contributed by atoms with Crippen LogP contribution >= 0.6 is 11.6 Å². The fraction of sp³-hybridized carbons (Fsp3) is 0.235. The first-order valence-corrected chi connectivity index (χ1v) is 9.59. The normalized spacial score (nSPS) is 12.7. The number of ether oxygens (including phenoxy) is 1. The van der Waals surface area contributed by atoms with Crippen molar-refractivity contribution in [3.63, 3.8) is 0 Å². The molecule has 2 rings (SSSR count). The fourth-order valence-electron chi connectivity index (χ4n) is 2.33. The molecule has 134 valence electrons. The summed E-state index contributed by atoms with van der Waals surface area (Å²) in [5.74, 6) is -0.0914. The van der Waals surface area contributed by atoms with Crippen molar-refractivity contribution >= 4 is 33.2 Å². The van der Waals surface area contributed by atoms with Crippen LogP contribution in [0.3, 0.4) is 0 Å². The second-order valence-electron chi connectivity index (χ2n) is 5.43. The Kier molecular flexibility index (Phi) is 6.05. The van der Waals surface area contributed by atoms with Gasteiger partial charge in [0.05, 0.1) is 19.1 Å². The van der Waals surface area contributed by atoms with Gasteiger partial charge in [-0.1, -0.05) is 41.9 Å². The van der Waals surface area contributed by atoms with E-state index in [9.17, 15) is 13.2 Å². The molecular formula is C17H19ClN2O4S. The summed E-state index contributed by atoms with van der Waals surface area (Å²) in [4.78, 5) is 12.9. The van der Waals surface area contributed by atoms with Crippen molar-refractivity contribution in [2.45, 2.75) is 6.04 Å². The number of hydrogen-bond donors (Lipinski definition) is 1. The molecule has 0 saturated carbocycles. The number of carbonyl (C=O) groups excluding carboxylic acids is 1. The zero-order valence-corrected chi connectivity index (χ0v) is 15.6. The lowest BCUT2D eigenvalue weighted by molar-refractivity contribution is -0.119. The number of nitrogens with one attached hydrogen (secondary N) is 1. The molecule has 25 heavy (non-hydrogen) atoms. The van der Waals surface area contributed by atoms with Crippen LogP contribution < -0.4 is 10.1 Å². The Morgan fingerprint density at radius 3 is 2.40 bits per heavy atom. The maximum atomic E-state index is 12.9. The molecule has 0 aliphatic rings. The molecule has 0 bridgehead atoms. The van der Waals surface area contributed by atoms with Gasteiger partial charge in [-0.15, -0.1) is 0 Å². The van der Waals surface area contributed by atoms with Gasteiger partial charge in [-0.05, 0) is 23.8 Å². The zero-order chi connectivity index (χ0) is 18.6. The first kappa shape index (κ1) is 19.2. The van der Waals surface area contributed by atoms with Gasteiger partial charge in [-0.3, -0.25) is 4.79 Å². The number of amides is 1. The average Bonchev–Trinajstić information content (AvgIpc) is 2.55. The third-order valence-electron chi connectivity index (χ3n) is 3.67. The summed E-state index contributed by atoms with van der Waals surface area (Å²) < 4.78 is 30.2. The van der Waals surface area contributed by atoms with E-state index in [4.69, 9.17) is 16.3 Å². The Hall–Kier alpha value is -2.09. The monoisotopic (exact) mass is 382 g/mol. The number of nitrogens with zero attached hydrogens (tertiary/aromatic N) is 1. The van der Waals surface area contributed by atoms with Gasteiger partial charge in [-0.25, -0.2) is 8.42 Å². The molecule has 0 heterocycles. The van der Waals surface area contributed by atoms with E-state index in [1.807, 2.05) is 0 Å². The molecule has 0 aliphatic carbocycles. The predicted molar refractivity (Wildman–Crippen MR) is 98.4 cm³/mol. The van der Waals surface area contributed by atoms with Crippen molar-refractivity contribution < 1.29 is 17.9 Å². The van der Waals surface area contributed by atoms with Crippen molar-refractivity contribution in [3.05, 3.63) is 59.1 Å². The van der Waals surface area contributed by atoms with E-state index in [1.54, 1.807) is 48.5 Å². The molecule has 0 aliphatic heterocycles. The summed E-state index contributed by atoms with van der Waals surface area (Å²) in [6, 6.07) is 12.4. The van der Waals surface area contributed by atoms with E-state index in [-0.39, 0.29) is 0 Å². The Morgan fingerprint density at radius 1 is 1.20 bits per heavy atom. The quantitative estimate of drug-likeness (QED) is 0.833. The van der Waals surface area contributed by atoms with E-state index >= 15 is 0 Å².